The monoisotopic (exact) mass is 688 g/mol. The summed E-state index contributed by atoms with van der Waals surface area (Å²) in [6, 6.07) is 0. The zero-order chi connectivity index (χ0) is 33.7. The molecule has 0 radical (unpaired) electrons. The molecule has 0 aromatic heterocycles. The van der Waals surface area contributed by atoms with Gasteiger partial charge in [-0.05, 0) is 112 Å². The van der Waals surface area contributed by atoms with E-state index in [9.17, 15) is 25.9 Å². The molecule has 4 unspecified atom stereocenters. The van der Waals surface area contributed by atoms with Gasteiger partial charge >= 0.3 is 0 Å². The molecular formula is C33H52O11S2-2. The van der Waals surface area contributed by atoms with E-state index in [1.807, 2.05) is 0 Å². The lowest BCUT2D eigenvalue weighted by Crippen LogP contribution is -2.61. The fourth-order valence-corrected chi connectivity index (χ4v) is 12.8. The summed E-state index contributed by atoms with van der Waals surface area (Å²) in [5.74, 6) is 0.338. The van der Waals surface area contributed by atoms with E-state index in [1.165, 1.54) is 5.57 Å². The maximum Gasteiger partial charge on any atom is 0.284 e. The van der Waals surface area contributed by atoms with Gasteiger partial charge < -0.3 is 23.3 Å². The smallest absolute Gasteiger partial charge is 0.284 e. The van der Waals surface area contributed by atoms with Crippen LogP contribution < -0.4 is 0 Å². The molecule has 0 spiro atoms. The number of hydrogen-bond donors (Lipinski definition) is 0. The molecular weight excluding hydrogens is 636 g/mol. The molecule has 13 heteroatoms. The van der Waals surface area contributed by atoms with Gasteiger partial charge in [0, 0.05) is 12.3 Å². The van der Waals surface area contributed by atoms with Crippen LogP contribution in [0.1, 0.15) is 113 Å². The quantitative estimate of drug-likeness (QED) is 0.169. The first kappa shape index (κ1) is 35.2. The van der Waals surface area contributed by atoms with Crippen LogP contribution in [-0.4, -0.2) is 61.9 Å². The van der Waals surface area contributed by atoms with Crippen molar-refractivity contribution in [3.63, 3.8) is 0 Å². The zero-order valence-corrected chi connectivity index (χ0v) is 29.9. The number of hydrogen-bond acceptors (Lipinski definition) is 11. The van der Waals surface area contributed by atoms with Gasteiger partial charge in [-0.2, -0.15) is 0 Å². The van der Waals surface area contributed by atoms with Crippen LogP contribution in [0.4, 0.5) is 0 Å². The Morgan fingerprint density at radius 2 is 1.61 bits per heavy atom. The lowest BCUT2D eigenvalue weighted by molar-refractivity contribution is -0.403. The summed E-state index contributed by atoms with van der Waals surface area (Å²) in [6.45, 7) is 15.4. The van der Waals surface area contributed by atoms with E-state index >= 15 is 0 Å². The Balaban J connectivity index is 1.31. The Bertz CT molecular complexity index is 1430. The molecule has 4 saturated carbocycles. The van der Waals surface area contributed by atoms with Crippen LogP contribution in [0.3, 0.4) is 0 Å². The van der Waals surface area contributed by atoms with Crippen molar-refractivity contribution in [2.75, 3.05) is 0 Å². The van der Waals surface area contributed by atoms with Gasteiger partial charge in [0.05, 0.1) is 12.2 Å². The van der Waals surface area contributed by atoms with Crippen molar-refractivity contribution in [3.05, 3.63) is 11.6 Å². The first-order valence-electron chi connectivity index (χ1n) is 17.3. The van der Waals surface area contributed by atoms with Crippen LogP contribution in [0.5, 0.6) is 0 Å². The SMILES string of the molecule is C/C=C(/C[C@H]1OC2(CCC)O[C@H]3C[C@H]4C5CC[C@H]6C[C@H](OS(=O)(=O)[O-])[C@@H](OS(=O)(=O)[O-])C[C@]6(C)C5CC[C@]4(C)C3[C@]1(C)O2)C(C)C. The van der Waals surface area contributed by atoms with Gasteiger partial charge in [-0.25, -0.2) is 16.8 Å². The fraction of sp³-hybridized carbons (Fsp3) is 0.939. The minimum absolute atomic E-state index is 0.00301. The third kappa shape index (κ3) is 5.85. The molecule has 6 rings (SSSR count). The second-order valence-electron chi connectivity index (χ2n) is 16.1. The van der Waals surface area contributed by atoms with Gasteiger partial charge in [0.2, 0.25) is 20.8 Å². The maximum absolute atomic E-state index is 11.7. The number of fused-ring (bicyclic) bond motifs is 10. The van der Waals surface area contributed by atoms with Crippen molar-refractivity contribution in [3.8, 4) is 0 Å². The highest BCUT2D eigenvalue weighted by molar-refractivity contribution is 7.81. The number of ether oxygens (including phenoxy) is 3. The van der Waals surface area contributed by atoms with Crippen molar-refractivity contribution < 1.29 is 48.5 Å². The van der Waals surface area contributed by atoms with Crippen LogP contribution in [0, 0.1) is 46.3 Å². The maximum atomic E-state index is 11.7. The van der Waals surface area contributed by atoms with E-state index in [4.69, 9.17) is 22.6 Å². The highest BCUT2D eigenvalue weighted by Gasteiger charge is 2.74. The van der Waals surface area contributed by atoms with Crippen molar-refractivity contribution >= 4 is 20.8 Å². The van der Waals surface area contributed by atoms with Gasteiger partial charge in [0.1, 0.15) is 17.8 Å². The van der Waals surface area contributed by atoms with E-state index in [0.29, 0.717) is 24.2 Å². The lowest BCUT2D eigenvalue weighted by atomic mass is 9.44. The number of allylic oxidation sites excluding steroid dienone is 1. The average molecular weight is 689 g/mol. The summed E-state index contributed by atoms with van der Waals surface area (Å²) in [4.78, 5) is 0. The Kier molecular flexibility index (Phi) is 8.97. The second kappa shape index (κ2) is 11.7. The van der Waals surface area contributed by atoms with Crippen molar-refractivity contribution in [1.82, 2.24) is 0 Å². The van der Waals surface area contributed by atoms with Gasteiger partial charge in [-0.15, -0.1) is 0 Å². The standard InChI is InChI=1S/C33H54O11S2/c1-8-13-33-40-26-17-24-22-11-10-21-16-25(42-45(34,35)36)27(43-46(37,38)39)18-31(21,6)23(22)12-14-30(24,5)29(26)32(7,44-33)28(41-33)15-20(9-2)19(3)4/h9,19,21-29H,8,10-18H2,1-7H3,(H,34,35,36)(H,37,38,39)/p-2/b20-9-/t21-,22?,23?,24-,25-,26-,27-,28+,29?,30-,31-,32+,33?/m0/s1. The molecule has 0 aromatic rings. The van der Waals surface area contributed by atoms with Gasteiger partial charge in [0.25, 0.3) is 5.97 Å². The lowest BCUT2D eigenvalue weighted by Gasteiger charge is -2.62. The van der Waals surface area contributed by atoms with Crippen LogP contribution in [0.2, 0.25) is 0 Å². The van der Waals surface area contributed by atoms with E-state index in [2.05, 4.69) is 54.5 Å². The van der Waals surface area contributed by atoms with Crippen LogP contribution in [0.15, 0.2) is 11.6 Å². The molecule has 6 fully saturated rings. The molecule has 0 amide bonds. The number of rotatable bonds is 9. The van der Waals surface area contributed by atoms with E-state index in [-0.39, 0.29) is 48.2 Å². The summed E-state index contributed by atoms with van der Waals surface area (Å²) >= 11 is 0. The Morgan fingerprint density at radius 1 is 0.935 bits per heavy atom. The summed E-state index contributed by atoms with van der Waals surface area (Å²) in [5, 5.41) is 0. The highest BCUT2D eigenvalue weighted by Crippen LogP contribution is 2.72. The summed E-state index contributed by atoms with van der Waals surface area (Å²) in [7, 11) is -10.3. The van der Waals surface area contributed by atoms with Crippen LogP contribution >= 0.6 is 0 Å². The third-order valence-electron chi connectivity index (χ3n) is 13.5. The van der Waals surface area contributed by atoms with Crippen molar-refractivity contribution in [2.24, 2.45) is 46.3 Å². The first-order chi connectivity index (χ1) is 21.3. The second-order valence-corrected chi connectivity index (χ2v) is 18.2. The summed E-state index contributed by atoms with van der Waals surface area (Å²) in [6.07, 6.45) is 6.42. The van der Waals surface area contributed by atoms with Gasteiger partial charge in [0.15, 0.2) is 0 Å². The molecule has 2 bridgehead atoms. The van der Waals surface area contributed by atoms with Gasteiger partial charge in [-0.3, -0.25) is 8.37 Å². The van der Waals surface area contributed by atoms with Crippen molar-refractivity contribution in [2.45, 2.75) is 149 Å². The molecule has 2 saturated heterocycles. The topological polar surface area (TPSA) is 161 Å². The normalized spacial score (nSPS) is 48.9. The highest BCUT2D eigenvalue weighted by atomic mass is 32.3. The minimum atomic E-state index is -5.16. The molecule has 2 aliphatic heterocycles. The fourth-order valence-electron chi connectivity index (χ4n) is 11.8. The van der Waals surface area contributed by atoms with E-state index < -0.39 is 50.0 Å². The molecule has 46 heavy (non-hydrogen) atoms. The molecule has 11 nitrogen and oxygen atoms in total. The molecule has 13 atom stereocenters. The predicted octanol–water partition coefficient (Wildman–Crippen LogP) is 5.58. The Labute approximate surface area is 275 Å². The molecule has 4 aliphatic carbocycles. The predicted molar refractivity (Wildman–Crippen MR) is 165 cm³/mol. The molecule has 0 N–H and O–H groups in total. The van der Waals surface area contributed by atoms with Crippen molar-refractivity contribution in [1.29, 1.82) is 0 Å². The summed E-state index contributed by atoms with van der Waals surface area (Å²) in [5.41, 5.74) is 0.321. The third-order valence-corrected chi connectivity index (χ3v) is 14.5. The Hall–Kier alpha value is -0.640. The summed E-state index contributed by atoms with van der Waals surface area (Å²) < 4.78 is 100. The molecule has 264 valence electrons. The van der Waals surface area contributed by atoms with E-state index in [1.54, 1.807) is 0 Å². The Morgan fingerprint density at radius 3 is 2.22 bits per heavy atom. The molecule has 0 aromatic carbocycles. The minimum Gasteiger partial charge on any atom is -0.726 e. The largest absolute Gasteiger partial charge is 0.726 e. The zero-order valence-electron chi connectivity index (χ0n) is 28.2. The van der Waals surface area contributed by atoms with Crippen LogP contribution in [0.25, 0.3) is 0 Å². The van der Waals surface area contributed by atoms with Gasteiger partial charge in [-0.1, -0.05) is 46.3 Å². The van der Waals surface area contributed by atoms with E-state index in [0.717, 1.165) is 44.9 Å². The molecule has 6 aliphatic rings. The average Bonchev–Trinajstić information content (AvgIpc) is 3.33. The van der Waals surface area contributed by atoms with Crippen LogP contribution in [-0.2, 0) is 43.4 Å². The molecule has 2 heterocycles. The first-order valence-corrected chi connectivity index (χ1v) is 19.9.